The molecular formula is C40H100O32. The first-order valence-electron chi connectivity index (χ1n) is 22.1. The van der Waals surface area contributed by atoms with Crippen molar-refractivity contribution in [3.8, 4) is 0 Å². The number of hydrogen-bond donors (Lipinski definition) is 31. The molecule has 0 aromatic heterocycles. The van der Waals surface area contributed by atoms with E-state index in [9.17, 15) is 4.79 Å². The lowest BCUT2D eigenvalue weighted by Crippen LogP contribution is -2.15. The molecule has 0 aliphatic rings. The molecule has 0 atom stereocenters. The molecule has 0 heterocycles. The summed E-state index contributed by atoms with van der Waals surface area (Å²) in [6.45, 7) is -5.09. The van der Waals surface area contributed by atoms with Gasteiger partial charge in [0.25, 0.3) is 0 Å². The van der Waals surface area contributed by atoms with Crippen LogP contribution in [0, 0.1) is 0 Å². The Bertz CT molecular complexity index is 629. The number of hydrogen-bond acceptors (Lipinski definition) is 31. The summed E-state index contributed by atoms with van der Waals surface area (Å²) >= 11 is 0. The number of aliphatic hydroxyl groups excluding tert-OH is 30. The number of rotatable bonds is 28. The van der Waals surface area contributed by atoms with Crippen molar-refractivity contribution in [2.75, 3.05) is 132 Å². The number of carboxylic acids is 1. The largest absolute Gasteiger partial charge is 0.481 e. The van der Waals surface area contributed by atoms with Crippen molar-refractivity contribution in [2.45, 2.75) is 119 Å². The molecule has 0 spiro atoms. The van der Waals surface area contributed by atoms with E-state index in [1.165, 1.54) is 32.1 Å². The van der Waals surface area contributed by atoms with Gasteiger partial charge in [-0.05, 0) is 6.42 Å². The molecule has 0 aliphatic carbocycles. The highest BCUT2D eigenvalue weighted by molar-refractivity contribution is 5.66. The van der Waals surface area contributed by atoms with Gasteiger partial charge in [-0.2, -0.15) is 0 Å². The van der Waals surface area contributed by atoms with Crippen molar-refractivity contribution in [3.05, 3.63) is 0 Å². The molecule has 0 fully saturated rings. The van der Waals surface area contributed by atoms with Crippen LogP contribution in [0.2, 0.25) is 0 Å². The van der Waals surface area contributed by atoms with Gasteiger partial charge in [0.1, 0.15) is 61.0 Å². The Morgan fingerprint density at radius 1 is 0.236 bits per heavy atom. The molecule has 0 radical (unpaired) electrons. The second-order valence-electron chi connectivity index (χ2n) is 13.5. The van der Waals surface area contributed by atoms with E-state index in [-0.39, 0.29) is 132 Å². The van der Waals surface area contributed by atoms with Gasteiger partial charge in [-0.25, -0.2) is 0 Å². The summed E-state index contributed by atoms with van der Waals surface area (Å²) in [6, 6.07) is 0. The summed E-state index contributed by atoms with van der Waals surface area (Å²) in [4.78, 5) is 10.1. The van der Waals surface area contributed by atoms with Gasteiger partial charge >= 0.3 is 5.97 Å². The van der Waals surface area contributed by atoms with Crippen molar-refractivity contribution >= 4 is 5.97 Å². The molecule has 32 nitrogen and oxygen atoms in total. The molecule has 0 rings (SSSR count). The smallest absolute Gasteiger partial charge is 0.303 e. The highest BCUT2D eigenvalue weighted by Crippen LogP contribution is 2.08. The first-order valence-corrected chi connectivity index (χ1v) is 22.1. The van der Waals surface area contributed by atoms with E-state index in [2.05, 4.69) is 6.92 Å². The standard InChI is InChI=1S/C10H20O2.10C3H8O3/c1-2-3-4-5-6-7-8-9-10(11)12;10*4-1-3(6)2-5/h2-9H2,1H3,(H,11,12);10*3-6H,1-2H2. The molecule has 0 saturated heterocycles. The summed E-state index contributed by atoms with van der Waals surface area (Å²) in [5.74, 6) is -0.663. The van der Waals surface area contributed by atoms with Crippen LogP contribution in [0.1, 0.15) is 58.3 Å². The topological polar surface area (TPSA) is 644 Å². The Balaban J connectivity index is -0.0000000638. The molecule has 0 saturated carbocycles. The van der Waals surface area contributed by atoms with Crippen LogP contribution in [0.5, 0.6) is 0 Å². The normalized spacial score (nSPS) is 10.0. The minimum absolute atomic E-state index is 0.341. The van der Waals surface area contributed by atoms with Crippen LogP contribution in [-0.4, -0.2) is 357 Å². The molecule has 0 aromatic carbocycles. The zero-order chi connectivity index (χ0) is 59.1. The van der Waals surface area contributed by atoms with Gasteiger partial charge in [-0.1, -0.05) is 45.4 Å². The summed E-state index contributed by atoms with van der Waals surface area (Å²) in [6.07, 6.45) is -0.895. The van der Waals surface area contributed by atoms with Crippen LogP contribution in [0.15, 0.2) is 0 Å². The Kier molecular flexibility index (Phi) is 123. The minimum Gasteiger partial charge on any atom is -0.481 e. The van der Waals surface area contributed by atoms with Crippen molar-refractivity contribution < 1.29 is 163 Å². The molecule has 0 amide bonds. The lowest BCUT2D eigenvalue weighted by atomic mass is 10.1. The number of carboxylic acid groups (broad SMARTS) is 1. The second kappa shape index (κ2) is 91.9. The quantitative estimate of drug-likeness (QED) is 0.0324. The van der Waals surface area contributed by atoms with E-state index in [4.69, 9.17) is 158 Å². The predicted octanol–water partition coefficient (Wildman–Crippen LogP) is -13.5. The molecule has 31 N–H and O–H groups in total. The minimum atomic E-state index is -0.954. The van der Waals surface area contributed by atoms with E-state index in [0.717, 1.165) is 12.8 Å². The summed E-state index contributed by atoms with van der Waals surface area (Å²) in [5, 5.41) is 249. The monoisotopic (exact) mass is 1090 g/mol. The summed E-state index contributed by atoms with van der Waals surface area (Å²) in [7, 11) is 0. The molecular weight excluding hydrogens is 992 g/mol. The van der Waals surface area contributed by atoms with Gasteiger partial charge < -0.3 is 158 Å². The maximum Gasteiger partial charge on any atom is 0.303 e. The zero-order valence-corrected chi connectivity index (χ0v) is 41.3. The molecule has 0 bridgehead atoms. The average Bonchev–Trinajstić information content (AvgIpc) is 3.43. The van der Waals surface area contributed by atoms with Gasteiger partial charge in [-0.15, -0.1) is 0 Å². The SMILES string of the molecule is CCCCCCCCCC(=O)O.OCC(O)CO.OCC(O)CO.OCC(O)CO.OCC(O)CO.OCC(O)CO.OCC(O)CO.OCC(O)CO.OCC(O)CO.OCC(O)CO.OCC(O)CO. The highest BCUT2D eigenvalue weighted by atomic mass is 16.4. The average molecular weight is 1090 g/mol. The Labute approximate surface area is 420 Å². The molecule has 0 unspecified atom stereocenters. The zero-order valence-electron chi connectivity index (χ0n) is 41.3. The summed E-state index contributed by atoms with van der Waals surface area (Å²) < 4.78 is 0. The van der Waals surface area contributed by atoms with Crippen LogP contribution < -0.4 is 0 Å². The number of aliphatic hydroxyl groups is 30. The lowest BCUT2D eigenvalue weighted by molar-refractivity contribution is -0.137. The lowest BCUT2D eigenvalue weighted by Gasteiger charge is -1.98. The van der Waals surface area contributed by atoms with Crippen LogP contribution >= 0.6 is 0 Å². The number of unbranched alkanes of at least 4 members (excludes halogenated alkanes) is 6. The maximum absolute atomic E-state index is 10.1. The third kappa shape index (κ3) is 138. The fraction of sp³-hybridized carbons (Fsp3) is 0.975. The van der Waals surface area contributed by atoms with Gasteiger partial charge in [0, 0.05) is 6.42 Å². The van der Waals surface area contributed by atoms with Crippen LogP contribution in [0.4, 0.5) is 0 Å². The van der Waals surface area contributed by atoms with Crippen molar-refractivity contribution in [3.63, 3.8) is 0 Å². The molecule has 452 valence electrons. The maximum atomic E-state index is 10.1. The van der Waals surface area contributed by atoms with Crippen molar-refractivity contribution in [2.24, 2.45) is 0 Å². The fourth-order valence-corrected chi connectivity index (χ4v) is 1.81. The van der Waals surface area contributed by atoms with Crippen LogP contribution in [0.25, 0.3) is 0 Å². The Hall–Kier alpha value is -1.73. The van der Waals surface area contributed by atoms with E-state index < -0.39 is 67.0 Å². The first-order chi connectivity index (χ1) is 33.9. The molecule has 32 heteroatoms. The van der Waals surface area contributed by atoms with Gasteiger partial charge in [-0.3, -0.25) is 4.79 Å². The number of aliphatic carboxylic acids is 1. The third-order valence-corrected chi connectivity index (χ3v) is 6.21. The Morgan fingerprint density at radius 2 is 0.347 bits per heavy atom. The number of carbonyl (C=O) groups is 1. The third-order valence-electron chi connectivity index (χ3n) is 6.21. The molecule has 0 aliphatic heterocycles. The van der Waals surface area contributed by atoms with Gasteiger partial charge in [0.05, 0.1) is 132 Å². The van der Waals surface area contributed by atoms with Crippen LogP contribution in [-0.2, 0) is 4.79 Å². The molecule has 72 heavy (non-hydrogen) atoms. The van der Waals surface area contributed by atoms with E-state index in [1.807, 2.05) is 0 Å². The van der Waals surface area contributed by atoms with E-state index in [0.29, 0.717) is 6.42 Å². The highest BCUT2D eigenvalue weighted by Gasteiger charge is 1.99. The Morgan fingerprint density at radius 3 is 0.431 bits per heavy atom. The van der Waals surface area contributed by atoms with Crippen molar-refractivity contribution in [1.29, 1.82) is 0 Å². The second-order valence-corrected chi connectivity index (χ2v) is 13.5. The van der Waals surface area contributed by atoms with Crippen molar-refractivity contribution in [1.82, 2.24) is 0 Å². The fourth-order valence-electron chi connectivity index (χ4n) is 1.81. The van der Waals surface area contributed by atoms with Crippen LogP contribution in [0.3, 0.4) is 0 Å². The van der Waals surface area contributed by atoms with Gasteiger partial charge in [0.2, 0.25) is 0 Å². The van der Waals surface area contributed by atoms with E-state index in [1.54, 1.807) is 0 Å². The van der Waals surface area contributed by atoms with Gasteiger partial charge in [0.15, 0.2) is 0 Å². The predicted molar refractivity (Wildman–Crippen MR) is 252 cm³/mol. The molecule has 0 aromatic rings. The summed E-state index contributed by atoms with van der Waals surface area (Å²) in [5.41, 5.74) is 0. The van der Waals surface area contributed by atoms with E-state index >= 15 is 0 Å². The first kappa shape index (κ1) is 96.0.